The van der Waals surface area contributed by atoms with Crippen LogP contribution in [0.1, 0.15) is 60.1 Å². The topological polar surface area (TPSA) is 50.8 Å². The molecule has 1 aromatic carbocycles. The van der Waals surface area contributed by atoms with E-state index in [2.05, 4.69) is 24.4 Å². The number of ether oxygens (including phenoxy) is 2. The standard InChI is InChI=1S/C20H34N2O3/c1-8-22(19(23)25-20(5,6)7)14-13-21-16(4)17-9-11-18(12-10-17)24-15(2)3/h9-12,15-16,21H,8,13-14H2,1-7H3. The van der Waals surface area contributed by atoms with Gasteiger partial charge in [-0.2, -0.15) is 0 Å². The van der Waals surface area contributed by atoms with E-state index in [9.17, 15) is 4.79 Å². The van der Waals surface area contributed by atoms with E-state index in [-0.39, 0.29) is 18.2 Å². The molecule has 0 aliphatic carbocycles. The van der Waals surface area contributed by atoms with E-state index in [1.165, 1.54) is 5.56 Å². The monoisotopic (exact) mass is 350 g/mol. The number of nitrogens with one attached hydrogen (secondary N) is 1. The van der Waals surface area contributed by atoms with Gasteiger partial charge in [-0.15, -0.1) is 0 Å². The number of hydrogen-bond donors (Lipinski definition) is 1. The Hall–Kier alpha value is -1.75. The predicted molar refractivity (Wildman–Crippen MR) is 102 cm³/mol. The molecule has 0 aliphatic heterocycles. The van der Waals surface area contributed by atoms with Gasteiger partial charge in [-0.05, 0) is 66.2 Å². The molecule has 1 unspecified atom stereocenters. The molecule has 1 rings (SSSR count). The van der Waals surface area contributed by atoms with Crippen LogP contribution in [0.15, 0.2) is 24.3 Å². The maximum atomic E-state index is 12.1. The van der Waals surface area contributed by atoms with Crippen molar-refractivity contribution in [1.29, 1.82) is 0 Å². The minimum Gasteiger partial charge on any atom is -0.491 e. The average molecular weight is 351 g/mol. The normalized spacial score (nSPS) is 12.8. The van der Waals surface area contributed by atoms with Gasteiger partial charge in [-0.25, -0.2) is 4.79 Å². The highest BCUT2D eigenvalue weighted by molar-refractivity contribution is 5.68. The van der Waals surface area contributed by atoms with Crippen molar-refractivity contribution in [2.75, 3.05) is 19.6 Å². The van der Waals surface area contributed by atoms with Gasteiger partial charge in [-0.1, -0.05) is 12.1 Å². The molecule has 0 radical (unpaired) electrons. The predicted octanol–water partition coefficient (Wildman–Crippen LogP) is 4.38. The van der Waals surface area contributed by atoms with E-state index in [4.69, 9.17) is 9.47 Å². The lowest BCUT2D eigenvalue weighted by Crippen LogP contribution is -2.40. The van der Waals surface area contributed by atoms with Crippen LogP contribution in [0.25, 0.3) is 0 Å². The lowest BCUT2D eigenvalue weighted by molar-refractivity contribution is 0.0261. The second-order valence-corrected chi connectivity index (χ2v) is 7.47. The molecule has 0 aliphatic rings. The molecular weight excluding hydrogens is 316 g/mol. The molecule has 0 fully saturated rings. The smallest absolute Gasteiger partial charge is 0.410 e. The summed E-state index contributed by atoms with van der Waals surface area (Å²) in [7, 11) is 0. The minimum absolute atomic E-state index is 0.175. The Labute approximate surface area is 152 Å². The zero-order valence-electron chi connectivity index (χ0n) is 16.8. The third kappa shape index (κ3) is 8.25. The number of carbonyl (C=O) groups excluding carboxylic acids is 1. The highest BCUT2D eigenvalue weighted by Gasteiger charge is 2.20. The molecule has 0 heterocycles. The number of rotatable bonds is 8. The summed E-state index contributed by atoms with van der Waals surface area (Å²) in [6.45, 7) is 15.7. The quantitative estimate of drug-likeness (QED) is 0.756. The first-order valence-electron chi connectivity index (χ1n) is 9.10. The van der Waals surface area contributed by atoms with Gasteiger partial charge in [0, 0.05) is 25.7 Å². The largest absolute Gasteiger partial charge is 0.491 e. The lowest BCUT2D eigenvalue weighted by atomic mass is 10.1. The molecule has 0 saturated carbocycles. The minimum atomic E-state index is -0.467. The highest BCUT2D eigenvalue weighted by atomic mass is 16.6. The molecule has 5 heteroatoms. The van der Waals surface area contributed by atoms with Crippen LogP contribution in [0.4, 0.5) is 4.79 Å². The third-order valence-corrected chi connectivity index (χ3v) is 3.62. The van der Waals surface area contributed by atoms with Gasteiger partial charge in [0.05, 0.1) is 6.10 Å². The van der Waals surface area contributed by atoms with E-state index >= 15 is 0 Å². The Morgan fingerprint density at radius 3 is 2.24 bits per heavy atom. The summed E-state index contributed by atoms with van der Waals surface area (Å²) in [5, 5.41) is 3.45. The Morgan fingerprint density at radius 2 is 1.76 bits per heavy atom. The van der Waals surface area contributed by atoms with Crippen molar-refractivity contribution >= 4 is 6.09 Å². The van der Waals surface area contributed by atoms with Gasteiger partial charge in [0.1, 0.15) is 11.4 Å². The van der Waals surface area contributed by atoms with Crippen molar-refractivity contribution in [3.8, 4) is 5.75 Å². The van der Waals surface area contributed by atoms with Crippen molar-refractivity contribution < 1.29 is 14.3 Å². The van der Waals surface area contributed by atoms with Crippen LogP contribution in [-0.2, 0) is 4.74 Å². The first-order valence-corrected chi connectivity index (χ1v) is 9.10. The lowest BCUT2D eigenvalue weighted by Gasteiger charge is -2.27. The van der Waals surface area contributed by atoms with Crippen LogP contribution in [-0.4, -0.2) is 42.3 Å². The van der Waals surface area contributed by atoms with Crippen LogP contribution >= 0.6 is 0 Å². The Kier molecular flexibility index (Phi) is 8.23. The second-order valence-electron chi connectivity index (χ2n) is 7.47. The fraction of sp³-hybridized carbons (Fsp3) is 0.650. The molecule has 1 atom stereocenters. The molecule has 1 amide bonds. The summed E-state index contributed by atoms with van der Waals surface area (Å²) >= 11 is 0. The molecule has 0 aromatic heterocycles. The Balaban J connectivity index is 2.47. The van der Waals surface area contributed by atoms with Gasteiger partial charge >= 0.3 is 6.09 Å². The molecule has 142 valence electrons. The van der Waals surface area contributed by atoms with E-state index in [1.807, 2.05) is 53.7 Å². The highest BCUT2D eigenvalue weighted by Crippen LogP contribution is 2.18. The number of nitrogens with zero attached hydrogens (tertiary/aromatic N) is 1. The first kappa shape index (κ1) is 21.3. The van der Waals surface area contributed by atoms with Crippen LogP contribution in [0.5, 0.6) is 5.75 Å². The second kappa shape index (κ2) is 9.66. The molecule has 5 nitrogen and oxygen atoms in total. The Bertz CT molecular complexity index is 521. The molecule has 1 aromatic rings. The van der Waals surface area contributed by atoms with E-state index < -0.39 is 5.60 Å². The number of hydrogen-bond acceptors (Lipinski definition) is 4. The maximum absolute atomic E-state index is 12.1. The summed E-state index contributed by atoms with van der Waals surface area (Å²) < 4.78 is 11.1. The van der Waals surface area contributed by atoms with Crippen molar-refractivity contribution in [2.24, 2.45) is 0 Å². The maximum Gasteiger partial charge on any atom is 0.410 e. The first-order chi connectivity index (χ1) is 11.6. The van der Waals surface area contributed by atoms with Gasteiger partial charge in [-0.3, -0.25) is 0 Å². The molecule has 0 spiro atoms. The van der Waals surface area contributed by atoms with E-state index in [0.29, 0.717) is 19.6 Å². The number of amides is 1. The third-order valence-electron chi connectivity index (χ3n) is 3.62. The number of carbonyl (C=O) groups is 1. The van der Waals surface area contributed by atoms with E-state index in [1.54, 1.807) is 4.90 Å². The molecule has 0 saturated heterocycles. The zero-order chi connectivity index (χ0) is 19.0. The zero-order valence-corrected chi connectivity index (χ0v) is 16.8. The van der Waals surface area contributed by atoms with Gasteiger partial charge in [0.2, 0.25) is 0 Å². The number of benzene rings is 1. The fourth-order valence-corrected chi connectivity index (χ4v) is 2.35. The van der Waals surface area contributed by atoms with Gasteiger partial charge in [0.15, 0.2) is 0 Å². The number of likely N-dealkylation sites (N-methyl/N-ethyl adjacent to an activating group) is 1. The summed E-state index contributed by atoms with van der Waals surface area (Å²) in [4.78, 5) is 13.8. The summed E-state index contributed by atoms with van der Waals surface area (Å²) in [6.07, 6.45) is -0.0890. The van der Waals surface area contributed by atoms with Crippen LogP contribution in [0.2, 0.25) is 0 Å². The average Bonchev–Trinajstić information content (AvgIpc) is 2.49. The molecule has 25 heavy (non-hydrogen) atoms. The Morgan fingerprint density at radius 1 is 1.16 bits per heavy atom. The van der Waals surface area contributed by atoms with Crippen LogP contribution in [0.3, 0.4) is 0 Å². The van der Waals surface area contributed by atoms with Crippen LogP contribution in [0, 0.1) is 0 Å². The summed E-state index contributed by atoms with van der Waals surface area (Å²) in [5.41, 5.74) is 0.724. The molecule has 0 bridgehead atoms. The molecule has 1 N–H and O–H groups in total. The van der Waals surface area contributed by atoms with Crippen molar-refractivity contribution in [2.45, 2.75) is 66.2 Å². The van der Waals surface area contributed by atoms with Crippen molar-refractivity contribution in [3.63, 3.8) is 0 Å². The van der Waals surface area contributed by atoms with Crippen LogP contribution < -0.4 is 10.1 Å². The molecular formula is C20H34N2O3. The SMILES string of the molecule is CCN(CCNC(C)c1ccc(OC(C)C)cc1)C(=O)OC(C)(C)C. The van der Waals surface area contributed by atoms with Crippen molar-refractivity contribution in [3.05, 3.63) is 29.8 Å². The summed E-state index contributed by atoms with van der Waals surface area (Å²) in [5.74, 6) is 0.882. The summed E-state index contributed by atoms with van der Waals surface area (Å²) in [6, 6.07) is 8.33. The fourth-order valence-electron chi connectivity index (χ4n) is 2.35. The van der Waals surface area contributed by atoms with Crippen molar-refractivity contribution in [1.82, 2.24) is 10.2 Å². The van der Waals surface area contributed by atoms with Gasteiger partial charge < -0.3 is 19.7 Å². The van der Waals surface area contributed by atoms with Gasteiger partial charge in [0.25, 0.3) is 0 Å². The van der Waals surface area contributed by atoms with E-state index in [0.717, 1.165) is 5.75 Å².